The minimum atomic E-state index is -1.38. The summed E-state index contributed by atoms with van der Waals surface area (Å²) in [5.41, 5.74) is -1.38. The molecule has 0 unspecified atom stereocenters. The van der Waals surface area contributed by atoms with Gasteiger partial charge in [-0.3, -0.25) is 0 Å². The molecule has 4 rings (SSSR count). The summed E-state index contributed by atoms with van der Waals surface area (Å²) in [5, 5.41) is 20.0. The highest BCUT2D eigenvalue weighted by Crippen LogP contribution is 2.40. The number of hydrogen-bond acceptors (Lipinski definition) is 6. The van der Waals surface area contributed by atoms with Crippen molar-refractivity contribution in [2.75, 3.05) is 6.79 Å². The van der Waals surface area contributed by atoms with Crippen molar-refractivity contribution in [3.63, 3.8) is 0 Å². The van der Waals surface area contributed by atoms with Crippen molar-refractivity contribution in [3.8, 4) is 17.2 Å². The molecule has 1 aliphatic heterocycles. The van der Waals surface area contributed by atoms with Crippen molar-refractivity contribution in [3.05, 3.63) is 40.2 Å². The Balaban J connectivity index is 2.25. The second-order valence-corrected chi connectivity index (χ2v) is 4.75. The van der Waals surface area contributed by atoms with E-state index in [9.17, 15) is 19.8 Å². The van der Waals surface area contributed by atoms with E-state index in [0.29, 0.717) is 16.5 Å². The summed E-state index contributed by atoms with van der Waals surface area (Å²) in [6.07, 6.45) is 0. The van der Waals surface area contributed by atoms with E-state index in [1.807, 2.05) is 0 Å². The smallest absolute Gasteiger partial charge is 0.348 e. The molecule has 110 valence electrons. The van der Waals surface area contributed by atoms with E-state index in [1.165, 1.54) is 12.1 Å². The van der Waals surface area contributed by atoms with Gasteiger partial charge in [-0.1, -0.05) is 0 Å². The van der Waals surface area contributed by atoms with Gasteiger partial charge in [0, 0.05) is 10.8 Å². The third-order valence-electron chi connectivity index (χ3n) is 3.58. The maximum atomic E-state index is 12.3. The number of phenols is 1. The van der Waals surface area contributed by atoms with Crippen LogP contribution in [-0.2, 0) is 0 Å². The number of fused-ring (bicyclic) bond motifs is 5. The number of rotatable bonds is 1. The summed E-state index contributed by atoms with van der Waals surface area (Å²) in [4.78, 5) is 23.6. The van der Waals surface area contributed by atoms with E-state index in [4.69, 9.17) is 13.9 Å². The predicted octanol–water partition coefficient (Wildman–Crippen LogP) is 2.08. The highest BCUT2D eigenvalue weighted by Gasteiger charge is 2.24. The Morgan fingerprint density at radius 2 is 1.86 bits per heavy atom. The number of aromatic carboxylic acids is 1. The van der Waals surface area contributed by atoms with Gasteiger partial charge >= 0.3 is 11.6 Å². The minimum absolute atomic E-state index is 0.00186. The number of aromatic hydroxyl groups is 1. The fourth-order valence-electron chi connectivity index (χ4n) is 2.64. The summed E-state index contributed by atoms with van der Waals surface area (Å²) in [7, 11) is 0. The minimum Gasteiger partial charge on any atom is -0.507 e. The van der Waals surface area contributed by atoms with Gasteiger partial charge in [0.1, 0.15) is 16.7 Å². The first-order valence-electron chi connectivity index (χ1n) is 6.32. The maximum absolute atomic E-state index is 12.3. The topological polar surface area (TPSA) is 106 Å². The van der Waals surface area contributed by atoms with Crippen LogP contribution in [0.5, 0.6) is 17.2 Å². The van der Waals surface area contributed by atoms with E-state index < -0.39 is 22.9 Å². The number of ether oxygens (including phenoxy) is 2. The first-order valence-corrected chi connectivity index (χ1v) is 6.32. The van der Waals surface area contributed by atoms with Crippen molar-refractivity contribution in [1.82, 2.24) is 0 Å². The molecule has 0 saturated carbocycles. The van der Waals surface area contributed by atoms with Crippen molar-refractivity contribution < 1.29 is 28.9 Å². The van der Waals surface area contributed by atoms with Crippen LogP contribution in [0.1, 0.15) is 10.4 Å². The molecule has 3 aromatic rings. The second-order valence-electron chi connectivity index (χ2n) is 4.75. The first kappa shape index (κ1) is 12.5. The van der Waals surface area contributed by atoms with Gasteiger partial charge in [0.25, 0.3) is 0 Å². The highest BCUT2D eigenvalue weighted by atomic mass is 16.7. The summed E-state index contributed by atoms with van der Waals surface area (Å²) >= 11 is 0. The number of carboxylic acids is 1. The number of carboxylic acid groups (broad SMARTS) is 1. The van der Waals surface area contributed by atoms with E-state index in [2.05, 4.69) is 0 Å². The lowest BCUT2D eigenvalue weighted by molar-refractivity contribution is 0.0694. The molecule has 7 heteroatoms. The van der Waals surface area contributed by atoms with E-state index in [-0.39, 0.29) is 23.5 Å². The molecular formula is C15H8O7. The quantitative estimate of drug-likeness (QED) is 0.523. The largest absolute Gasteiger partial charge is 0.507 e. The molecule has 0 aliphatic carbocycles. The van der Waals surface area contributed by atoms with Crippen LogP contribution in [0.4, 0.5) is 0 Å². The number of benzene rings is 2. The molecule has 22 heavy (non-hydrogen) atoms. The van der Waals surface area contributed by atoms with E-state index >= 15 is 0 Å². The average Bonchev–Trinajstić information content (AvgIpc) is 2.94. The van der Waals surface area contributed by atoms with Crippen LogP contribution >= 0.6 is 0 Å². The molecule has 1 aliphatic rings. The summed E-state index contributed by atoms with van der Waals surface area (Å²) < 4.78 is 15.7. The van der Waals surface area contributed by atoms with Crippen molar-refractivity contribution in [2.45, 2.75) is 0 Å². The monoisotopic (exact) mass is 300 g/mol. The van der Waals surface area contributed by atoms with Crippen LogP contribution in [0.15, 0.2) is 33.5 Å². The molecule has 0 fully saturated rings. The van der Waals surface area contributed by atoms with Crippen LogP contribution in [0.2, 0.25) is 0 Å². The fourth-order valence-corrected chi connectivity index (χ4v) is 2.64. The summed E-state index contributed by atoms with van der Waals surface area (Å²) in [6, 6.07) is 6.00. The maximum Gasteiger partial charge on any atom is 0.348 e. The Kier molecular flexibility index (Phi) is 2.35. The standard InChI is InChI=1S/C15H8O7/c16-8-3-1-7-6-2-4-9-13(21-5-20-9)10(6)15(19)22-12(7)11(8)14(17)18/h1-4,16H,5H2,(H,17,18). The van der Waals surface area contributed by atoms with Crippen molar-refractivity contribution >= 4 is 27.7 Å². The zero-order valence-electron chi connectivity index (χ0n) is 11.0. The molecule has 0 atom stereocenters. The molecule has 0 bridgehead atoms. The van der Waals surface area contributed by atoms with Crippen LogP contribution in [0.3, 0.4) is 0 Å². The Bertz CT molecular complexity index is 1020. The molecule has 7 nitrogen and oxygen atoms in total. The molecule has 0 amide bonds. The SMILES string of the molecule is O=C(O)c1c(O)ccc2c1oc(=O)c1c3c(ccc12)OCO3. The summed E-state index contributed by atoms with van der Waals surface area (Å²) in [6.45, 7) is 0.00186. The zero-order valence-corrected chi connectivity index (χ0v) is 11.0. The van der Waals surface area contributed by atoms with Gasteiger partial charge in [-0.15, -0.1) is 0 Å². The van der Waals surface area contributed by atoms with Gasteiger partial charge in [-0.2, -0.15) is 0 Å². The number of carbonyl (C=O) groups is 1. The van der Waals surface area contributed by atoms with Crippen LogP contribution < -0.4 is 15.1 Å². The predicted molar refractivity (Wildman–Crippen MR) is 74.7 cm³/mol. The zero-order chi connectivity index (χ0) is 15.4. The molecule has 2 N–H and O–H groups in total. The molecular weight excluding hydrogens is 292 g/mol. The van der Waals surface area contributed by atoms with E-state index in [0.717, 1.165) is 0 Å². The molecule has 2 aromatic carbocycles. The fraction of sp³-hybridized carbons (Fsp3) is 0.0667. The first-order chi connectivity index (χ1) is 10.6. The Labute approximate surface area is 121 Å². The molecule has 0 radical (unpaired) electrons. The van der Waals surface area contributed by atoms with E-state index in [1.54, 1.807) is 12.1 Å². The lowest BCUT2D eigenvalue weighted by Crippen LogP contribution is -2.05. The lowest BCUT2D eigenvalue weighted by Gasteiger charge is -2.08. The third-order valence-corrected chi connectivity index (χ3v) is 3.58. The highest BCUT2D eigenvalue weighted by molar-refractivity contribution is 6.13. The van der Waals surface area contributed by atoms with Gasteiger partial charge in [0.15, 0.2) is 17.1 Å². The Hall–Kier alpha value is -3.22. The van der Waals surface area contributed by atoms with Gasteiger partial charge in [-0.05, 0) is 24.3 Å². The van der Waals surface area contributed by atoms with Crippen LogP contribution in [0.25, 0.3) is 21.7 Å². The van der Waals surface area contributed by atoms with Crippen LogP contribution in [0, 0.1) is 0 Å². The molecule has 1 aromatic heterocycles. The van der Waals surface area contributed by atoms with Crippen LogP contribution in [-0.4, -0.2) is 23.0 Å². The normalized spacial score (nSPS) is 12.9. The van der Waals surface area contributed by atoms with Crippen molar-refractivity contribution in [2.24, 2.45) is 0 Å². The second kappa shape index (κ2) is 4.14. The lowest BCUT2D eigenvalue weighted by atomic mass is 10.0. The average molecular weight is 300 g/mol. The van der Waals surface area contributed by atoms with Gasteiger partial charge in [0.05, 0.1) is 0 Å². The van der Waals surface area contributed by atoms with Gasteiger partial charge in [0.2, 0.25) is 6.79 Å². The van der Waals surface area contributed by atoms with Crippen molar-refractivity contribution in [1.29, 1.82) is 0 Å². The Morgan fingerprint density at radius 1 is 1.09 bits per heavy atom. The third kappa shape index (κ3) is 1.50. The van der Waals surface area contributed by atoms with Gasteiger partial charge in [-0.25, -0.2) is 9.59 Å². The summed E-state index contributed by atoms with van der Waals surface area (Å²) in [5.74, 6) is -1.15. The number of hydrogen-bond donors (Lipinski definition) is 2. The van der Waals surface area contributed by atoms with Gasteiger partial charge < -0.3 is 24.1 Å². The molecule has 2 heterocycles. The molecule has 0 spiro atoms. The Morgan fingerprint density at radius 3 is 2.64 bits per heavy atom. The molecule has 0 saturated heterocycles.